The normalized spacial score (nSPS) is 11.7. The monoisotopic (exact) mass is 904 g/mol. The van der Waals surface area contributed by atoms with Gasteiger partial charge in [0, 0.05) is 49.7 Å². The molecule has 12 aromatic carbocycles. The van der Waals surface area contributed by atoms with Crippen molar-refractivity contribution in [3.8, 4) is 50.2 Å². The van der Waals surface area contributed by atoms with E-state index < -0.39 is 0 Å². The van der Waals surface area contributed by atoms with Crippen LogP contribution in [0.1, 0.15) is 0 Å². The van der Waals surface area contributed by atoms with Crippen LogP contribution in [-0.4, -0.2) is 4.57 Å². The third-order valence-corrected chi connectivity index (χ3v) is 14.4. The number of benzene rings is 12. The zero-order valence-electron chi connectivity index (χ0n) is 38.7. The van der Waals surface area contributed by atoms with E-state index >= 15 is 0 Å². The lowest BCUT2D eigenvalue weighted by Gasteiger charge is -2.26. The van der Waals surface area contributed by atoms with Crippen LogP contribution >= 0.6 is 0 Å². The van der Waals surface area contributed by atoms with Gasteiger partial charge in [-0.1, -0.05) is 200 Å². The summed E-state index contributed by atoms with van der Waals surface area (Å²) in [6, 6.07) is 96.7. The number of anilines is 3. The second-order valence-electron chi connectivity index (χ2n) is 18.4. The lowest BCUT2D eigenvalue weighted by atomic mass is 9.97. The van der Waals surface area contributed by atoms with E-state index in [1.807, 2.05) is 12.1 Å². The molecule has 0 aliphatic heterocycles. The van der Waals surface area contributed by atoms with Crippen LogP contribution in [0.3, 0.4) is 0 Å². The topological polar surface area (TPSA) is 21.3 Å². The van der Waals surface area contributed by atoms with Crippen LogP contribution in [0.15, 0.2) is 271 Å². The first-order valence-electron chi connectivity index (χ1n) is 24.3. The fourth-order valence-electron chi connectivity index (χ4n) is 11.0. The van der Waals surface area contributed by atoms with Crippen molar-refractivity contribution in [3.05, 3.63) is 267 Å². The van der Waals surface area contributed by atoms with Gasteiger partial charge in [-0.25, -0.2) is 0 Å². The quantitative estimate of drug-likeness (QED) is 0.142. The molecule has 2 heterocycles. The molecule has 3 nitrogen and oxygen atoms in total. The van der Waals surface area contributed by atoms with Crippen molar-refractivity contribution in [2.75, 3.05) is 4.90 Å². The number of aromatic nitrogens is 1. The van der Waals surface area contributed by atoms with Crippen LogP contribution in [0.25, 0.3) is 115 Å². The molecular weight excluding hydrogens is 861 g/mol. The number of hydrogen-bond donors (Lipinski definition) is 0. The molecule has 3 heteroatoms. The Bertz CT molecular complexity index is 4280. The molecule has 0 unspecified atom stereocenters. The van der Waals surface area contributed by atoms with Gasteiger partial charge in [0.15, 0.2) is 0 Å². The van der Waals surface area contributed by atoms with Crippen molar-refractivity contribution in [1.29, 1.82) is 0 Å². The minimum absolute atomic E-state index is 0.910. The van der Waals surface area contributed by atoms with Crippen LogP contribution in [0.4, 0.5) is 17.1 Å². The van der Waals surface area contributed by atoms with E-state index in [2.05, 4.69) is 264 Å². The first-order valence-corrected chi connectivity index (χ1v) is 24.3. The lowest BCUT2D eigenvalue weighted by Crippen LogP contribution is -2.09. The molecule has 332 valence electrons. The summed E-state index contributed by atoms with van der Waals surface area (Å²) in [5.74, 6) is 0. The van der Waals surface area contributed by atoms with Crippen molar-refractivity contribution in [2.24, 2.45) is 0 Å². The average Bonchev–Trinajstić information content (AvgIpc) is 4.00. The highest BCUT2D eigenvalue weighted by molar-refractivity contribution is 6.11. The van der Waals surface area contributed by atoms with E-state index in [0.29, 0.717) is 0 Å². The largest absolute Gasteiger partial charge is 0.455 e. The van der Waals surface area contributed by atoms with Gasteiger partial charge in [-0.2, -0.15) is 0 Å². The molecule has 0 fully saturated rings. The highest BCUT2D eigenvalue weighted by atomic mass is 16.3. The van der Waals surface area contributed by atoms with Gasteiger partial charge in [-0.3, -0.25) is 0 Å². The standard InChI is InChI=1S/C68H44N2O/c1-2-16-56-48(13-1)31-32-52-44-55(41-42-57(52)56)69(53-37-33-46(34-38-53)45-27-29-49(30-28-45)59-21-12-22-63-62-20-6-10-26-67(62)71-68(59)63)54-39-35-47(36-40-54)50-14-11-15-51(43-50)58-17-3-7-23-64(58)70-65-24-8-4-18-60(65)61-19-5-9-25-66(61)70/h1-44H. The van der Waals surface area contributed by atoms with Crippen LogP contribution in [0.5, 0.6) is 0 Å². The lowest BCUT2D eigenvalue weighted by molar-refractivity contribution is 0.670. The molecule has 0 aliphatic carbocycles. The van der Waals surface area contributed by atoms with Crippen LogP contribution in [-0.2, 0) is 0 Å². The summed E-state index contributed by atoms with van der Waals surface area (Å²) in [4.78, 5) is 2.37. The summed E-state index contributed by atoms with van der Waals surface area (Å²) >= 11 is 0. The van der Waals surface area contributed by atoms with E-state index in [0.717, 1.165) is 72.5 Å². The predicted molar refractivity (Wildman–Crippen MR) is 299 cm³/mol. The second-order valence-corrected chi connectivity index (χ2v) is 18.4. The number of hydrogen-bond acceptors (Lipinski definition) is 2. The summed E-state index contributed by atoms with van der Waals surface area (Å²) in [5.41, 5.74) is 17.9. The molecule has 0 N–H and O–H groups in total. The molecule has 0 saturated carbocycles. The molecule has 0 spiro atoms. The van der Waals surface area contributed by atoms with Gasteiger partial charge in [0.05, 0.1) is 16.7 Å². The van der Waals surface area contributed by atoms with E-state index in [4.69, 9.17) is 4.42 Å². The molecular formula is C68H44N2O. The predicted octanol–water partition coefficient (Wildman–Crippen LogP) is 19.1. The van der Waals surface area contributed by atoms with Crippen molar-refractivity contribution >= 4 is 82.4 Å². The van der Waals surface area contributed by atoms with Crippen molar-refractivity contribution < 1.29 is 4.42 Å². The maximum Gasteiger partial charge on any atom is 0.143 e. The van der Waals surface area contributed by atoms with Crippen LogP contribution < -0.4 is 4.90 Å². The molecule has 14 rings (SSSR count). The van der Waals surface area contributed by atoms with Gasteiger partial charge in [-0.15, -0.1) is 0 Å². The van der Waals surface area contributed by atoms with Gasteiger partial charge in [0.2, 0.25) is 0 Å². The number of furan rings is 1. The number of fused-ring (bicyclic) bond motifs is 9. The number of para-hydroxylation sites is 5. The van der Waals surface area contributed by atoms with Gasteiger partial charge >= 0.3 is 0 Å². The summed E-state index contributed by atoms with van der Waals surface area (Å²) in [7, 11) is 0. The Hall–Kier alpha value is -9.44. The van der Waals surface area contributed by atoms with Crippen molar-refractivity contribution in [2.45, 2.75) is 0 Å². The third kappa shape index (κ3) is 6.89. The smallest absolute Gasteiger partial charge is 0.143 e. The van der Waals surface area contributed by atoms with Gasteiger partial charge in [-0.05, 0) is 122 Å². The first kappa shape index (κ1) is 40.6. The molecule has 0 atom stereocenters. The van der Waals surface area contributed by atoms with E-state index in [9.17, 15) is 0 Å². The Labute approximate surface area is 411 Å². The van der Waals surface area contributed by atoms with Crippen LogP contribution in [0.2, 0.25) is 0 Å². The molecule has 0 saturated heterocycles. The zero-order chi connectivity index (χ0) is 46.8. The first-order chi connectivity index (χ1) is 35.2. The maximum atomic E-state index is 6.39. The molecule has 0 bridgehead atoms. The highest BCUT2D eigenvalue weighted by Crippen LogP contribution is 2.42. The molecule has 2 aromatic heterocycles. The Balaban J connectivity index is 0.814. The Kier molecular flexibility index (Phi) is 9.53. The Morgan fingerprint density at radius 3 is 1.54 bits per heavy atom. The zero-order valence-corrected chi connectivity index (χ0v) is 38.7. The summed E-state index contributed by atoms with van der Waals surface area (Å²) in [5, 5.41) is 9.75. The van der Waals surface area contributed by atoms with Gasteiger partial charge in [0.1, 0.15) is 11.2 Å². The summed E-state index contributed by atoms with van der Waals surface area (Å²) in [6.45, 7) is 0. The molecule has 71 heavy (non-hydrogen) atoms. The summed E-state index contributed by atoms with van der Waals surface area (Å²) < 4.78 is 8.80. The SMILES string of the molecule is c1cc(-c2ccc(N(c3ccc(-c4ccc(-c5cccc6c5oc5ccccc56)cc4)cc3)c3ccc4c(ccc5ccccc54)c3)cc2)cc(-c2ccccc2-n2c3ccccc3c3ccccc32)c1. The third-order valence-electron chi connectivity index (χ3n) is 14.4. The van der Waals surface area contributed by atoms with Gasteiger partial charge < -0.3 is 13.9 Å². The van der Waals surface area contributed by atoms with E-state index in [1.54, 1.807) is 0 Å². The maximum absolute atomic E-state index is 6.39. The fourth-order valence-corrected chi connectivity index (χ4v) is 11.0. The minimum Gasteiger partial charge on any atom is -0.455 e. The number of rotatable bonds is 8. The van der Waals surface area contributed by atoms with Crippen LogP contribution in [0, 0.1) is 0 Å². The molecule has 0 aliphatic rings. The molecule has 0 amide bonds. The van der Waals surface area contributed by atoms with Crippen molar-refractivity contribution in [1.82, 2.24) is 4.57 Å². The van der Waals surface area contributed by atoms with E-state index in [-0.39, 0.29) is 0 Å². The van der Waals surface area contributed by atoms with Crippen molar-refractivity contribution in [3.63, 3.8) is 0 Å². The minimum atomic E-state index is 0.910. The highest BCUT2D eigenvalue weighted by Gasteiger charge is 2.18. The average molecular weight is 905 g/mol. The fraction of sp³-hybridized carbons (Fsp3) is 0. The van der Waals surface area contributed by atoms with E-state index in [1.165, 1.54) is 60.0 Å². The molecule has 14 aromatic rings. The molecule has 0 radical (unpaired) electrons. The Morgan fingerprint density at radius 2 is 0.789 bits per heavy atom. The second kappa shape index (κ2) is 16.7. The summed E-state index contributed by atoms with van der Waals surface area (Å²) in [6.07, 6.45) is 0. The Morgan fingerprint density at radius 1 is 0.282 bits per heavy atom. The number of nitrogens with zero attached hydrogens (tertiary/aromatic N) is 2. The van der Waals surface area contributed by atoms with Gasteiger partial charge in [0.25, 0.3) is 0 Å².